The van der Waals surface area contributed by atoms with E-state index >= 15 is 0 Å². The van der Waals surface area contributed by atoms with Gasteiger partial charge in [-0.1, -0.05) is 17.3 Å². The van der Waals surface area contributed by atoms with E-state index in [4.69, 9.17) is 10.3 Å². The zero-order valence-corrected chi connectivity index (χ0v) is 11.3. The summed E-state index contributed by atoms with van der Waals surface area (Å²) in [4.78, 5) is 8.21. The van der Waals surface area contributed by atoms with Gasteiger partial charge in [0.15, 0.2) is 5.96 Å². The van der Waals surface area contributed by atoms with Gasteiger partial charge in [0.2, 0.25) is 11.7 Å². The number of halogens is 1. The number of nitrogens with two attached hydrogens (primary N) is 1. The van der Waals surface area contributed by atoms with Crippen LogP contribution >= 0.6 is 0 Å². The maximum Gasteiger partial charge on any atom is 0.248 e. The highest BCUT2D eigenvalue weighted by Gasteiger charge is 2.09. The van der Waals surface area contributed by atoms with Crippen molar-refractivity contribution < 1.29 is 8.91 Å². The van der Waals surface area contributed by atoms with Crippen molar-refractivity contribution >= 4 is 5.96 Å². The first-order chi connectivity index (χ1) is 9.54. The van der Waals surface area contributed by atoms with Crippen LogP contribution in [-0.4, -0.2) is 22.1 Å². The Morgan fingerprint density at radius 1 is 1.50 bits per heavy atom. The first-order valence-corrected chi connectivity index (χ1v) is 6.19. The Hall–Kier alpha value is -2.44. The predicted molar refractivity (Wildman–Crippen MR) is 73.3 cm³/mol. The van der Waals surface area contributed by atoms with Crippen molar-refractivity contribution in [1.29, 1.82) is 0 Å². The van der Waals surface area contributed by atoms with E-state index in [0.717, 1.165) is 0 Å². The number of aromatic nitrogens is 2. The molecule has 1 heterocycles. The van der Waals surface area contributed by atoms with E-state index in [1.165, 1.54) is 12.1 Å². The van der Waals surface area contributed by atoms with Crippen LogP contribution < -0.4 is 11.1 Å². The Morgan fingerprint density at radius 2 is 2.30 bits per heavy atom. The lowest BCUT2D eigenvalue weighted by molar-refractivity contribution is 0.380. The van der Waals surface area contributed by atoms with Crippen molar-refractivity contribution in [2.24, 2.45) is 10.7 Å². The van der Waals surface area contributed by atoms with Crippen LogP contribution in [0.3, 0.4) is 0 Å². The Kier molecular flexibility index (Phi) is 4.29. The van der Waals surface area contributed by atoms with Gasteiger partial charge in [-0.3, -0.25) is 0 Å². The van der Waals surface area contributed by atoms with Crippen molar-refractivity contribution in [2.45, 2.75) is 26.4 Å². The molecule has 3 N–H and O–H groups in total. The summed E-state index contributed by atoms with van der Waals surface area (Å²) in [6.07, 6.45) is 0. The SMILES string of the molecule is CC(C)NC(N)=NCc1nc(-c2cccc(F)c2)no1. The molecule has 0 aliphatic carbocycles. The minimum absolute atomic E-state index is 0.174. The van der Waals surface area contributed by atoms with Crippen LogP contribution in [0.4, 0.5) is 4.39 Å². The van der Waals surface area contributed by atoms with Gasteiger partial charge < -0.3 is 15.6 Å². The van der Waals surface area contributed by atoms with Crippen LogP contribution in [0, 0.1) is 5.82 Å². The second-order valence-corrected chi connectivity index (χ2v) is 4.52. The minimum atomic E-state index is -0.350. The van der Waals surface area contributed by atoms with Crippen LogP contribution in [-0.2, 0) is 6.54 Å². The summed E-state index contributed by atoms with van der Waals surface area (Å²) in [6, 6.07) is 6.18. The fourth-order valence-corrected chi connectivity index (χ4v) is 1.56. The molecule has 0 aliphatic heterocycles. The molecule has 0 saturated carbocycles. The molecule has 2 aromatic rings. The maximum absolute atomic E-state index is 13.1. The zero-order valence-electron chi connectivity index (χ0n) is 11.3. The smallest absolute Gasteiger partial charge is 0.248 e. The minimum Gasteiger partial charge on any atom is -0.370 e. The third-order valence-corrected chi connectivity index (χ3v) is 2.37. The molecule has 0 saturated heterocycles. The molecule has 0 aliphatic rings. The first kappa shape index (κ1) is 14.0. The summed E-state index contributed by atoms with van der Waals surface area (Å²) in [5.74, 6) is 0.602. The molecule has 7 heteroatoms. The van der Waals surface area contributed by atoms with Crippen molar-refractivity contribution in [2.75, 3.05) is 0 Å². The largest absolute Gasteiger partial charge is 0.370 e. The van der Waals surface area contributed by atoms with Gasteiger partial charge in [0, 0.05) is 11.6 Å². The highest BCUT2D eigenvalue weighted by atomic mass is 19.1. The van der Waals surface area contributed by atoms with Crippen LogP contribution in [0.25, 0.3) is 11.4 Å². The van der Waals surface area contributed by atoms with E-state index in [-0.39, 0.29) is 18.4 Å². The monoisotopic (exact) mass is 277 g/mol. The number of rotatable bonds is 4. The summed E-state index contributed by atoms with van der Waals surface area (Å²) in [7, 11) is 0. The molecule has 0 unspecified atom stereocenters. The average Bonchev–Trinajstić information content (AvgIpc) is 2.84. The first-order valence-electron chi connectivity index (χ1n) is 6.19. The third-order valence-electron chi connectivity index (χ3n) is 2.37. The zero-order chi connectivity index (χ0) is 14.5. The van der Waals surface area contributed by atoms with Crippen molar-refractivity contribution in [3.63, 3.8) is 0 Å². The molecule has 106 valence electrons. The summed E-state index contributed by atoms with van der Waals surface area (Å²) in [5, 5.41) is 6.73. The quantitative estimate of drug-likeness (QED) is 0.655. The predicted octanol–water partition coefficient (Wildman–Crippen LogP) is 1.69. The van der Waals surface area contributed by atoms with Gasteiger partial charge in [-0.2, -0.15) is 4.98 Å². The van der Waals surface area contributed by atoms with E-state index in [1.54, 1.807) is 12.1 Å². The highest BCUT2D eigenvalue weighted by molar-refractivity contribution is 5.77. The molecule has 1 aromatic heterocycles. The summed E-state index contributed by atoms with van der Waals surface area (Å²) in [5.41, 5.74) is 6.21. The maximum atomic E-state index is 13.1. The third kappa shape index (κ3) is 3.78. The number of nitrogens with zero attached hydrogens (tertiary/aromatic N) is 3. The van der Waals surface area contributed by atoms with Crippen molar-refractivity contribution in [1.82, 2.24) is 15.5 Å². The summed E-state index contributed by atoms with van der Waals surface area (Å²) >= 11 is 0. The van der Waals surface area contributed by atoms with Gasteiger partial charge in [0.25, 0.3) is 0 Å². The Balaban J connectivity index is 2.06. The molecule has 2 rings (SSSR count). The Labute approximate surface area is 115 Å². The second-order valence-electron chi connectivity index (χ2n) is 4.52. The van der Waals surface area contributed by atoms with Gasteiger partial charge in [-0.05, 0) is 26.0 Å². The molecular weight excluding hydrogens is 261 g/mol. The fraction of sp³-hybridized carbons (Fsp3) is 0.308. The molecule has 6 nitrogen and oxygen atoms in total. The molecule has 0 spiro atoms. The number of benzene rings is 1. The fourth-order valence-electron chi connectivity index (χ4n) is 1.56. The van der Waals surface area contributed by atoms with Crippen molar-refractivity contribution in [3.8, 4) is 11.4 Å². The van der Waals surface area contributed by atoms with Gasteiger partial charge in [0.05, 0.1) is 0 Å². The van der Waals surface area contributed by atoms with E-state index in [0.29, 0.717) is 23.2 Å². The van der Waals surface area contributed by atoms with E-state index in [2.05, 4.69) is 20.4 Å². The lowest BCUT2D eigenvalue weighted by Gasteiger charge is -2.07. The lowest BCUT2D eigenvalue weighted by Crippen LogP contribution is -2.36. The normalized spacial score (nSPS) is 11.9. The van der Waals surface area contributed by atoms with Gasteiger partial charge in [-0.25, -0.2) is 9.38 Å². The number of hydrogen-bond acceptors (Lipinski definition) is 4. The van der Waals surface area contributed by atoms with E-state index < -0.39 is 0 Å². The molecule has 0 bridgehead atoms. The Morgan fingerprint density at radius 3 is 3.00 bits per heavy atom. The summed E-state index contributed by atoms with van der Waals surface area (Å²) in [6.45, 7) is 4.09. The standard InChI is InChI=1S/C13H16FN5O/c1-8(2)17-13(15)16-7-11-18-12(19-20-11)9-4-3-5-10(14)6-9/h3-6,8H,7H2,1-2H3,(H3,15,16,17). The molecular formula is C13H16FN5O. The highest BCUT2D eigenvalue weighted by Crippen LogP contribution is 2.16. The number of aliphatic imine (C=N–C) groups is 1. The number of hydrogen-bond donors (Lipinski definition) is 2. The molecule has 0 atom stereocenters. The number of guanidine groups is 1. The summed E-state index contributed by atoms with van der Waals surface area (Å²) < 4.78 is 18.1. The molecule has 0 radical (unpaired) electrons. The van der Waals surface area contributed by atoms with Crippen molar-refractivity contribution in [3.05, 3.63) is 36.0 Å². The van der Waals surface area contributed by atoms with E-state index in [9.17, 15) is 4.39 Å². The molecule has 0 amide bonds. The van der Waals surface area contributed by atoms with Gasteiger partial charge >= 0.3 is 0 Å². The van der Waals surface area contributed by atoms with Crippen LogP contribution in [0.1, 0.15) is 19.7 Å². The molecule has 0 fully saturated rings. The topological polar surface area (TPSA) is 89.3 Å². The van der Waals surface area contributed by atoms with E-state index in [1.807, 2.05) is 13.8 Å². The number of nitrogens with one attached hydrogen (secondary N) is 1. The van der Waals surface area contributed by atoms with Gasteiger partial charge in [0.1, 0.15) is 12.4 Å². The van der Waals surface area contributed by atoms with Crippen LogP contribution in [0.15, 0.2) is 33.8 Å². The lowest BCUT2D eigenvalue weighted by atomic mass is 10.2. The van der Waals surface area contributed by atoms with Crippen LogP contribution in [0.5, 0.6) is 0 Å². The Bertz CT molecular complexity index is 608. The average molecular weight is 277 g/mol. The molecule has 1 aromatic carbocycles. The van der Waals surface area contributed by atoms with Crippen LogP contribution in [0.2, 0.25) is 0 Å². The second kappa shape index (κ2) is 6.14. The van der Waals surface area contributed by atoms with Gasteiger partial charge in [-0.15, -0.1) is 0 Å². The molecule has 20 heavy (non-hydrogen) atoms.